The van der Waals surface area contributed by atoms with E-state index in [1.807, 2.05) is 97.1 Å². The summed E-state index contributed by atoms with van der Waals surface area (Å²) in [4.78, 5) is 34.7. The van der Waals surface area contributed by atoms with E-state index >= 15 is 0 Å². The Morgan fingerprint density at radius 1 is 0.417 bits per heavy atom. The van der Waals surface area contributed by atoms with Crippen LogP contribution in [0.3, 0.4) is 0 Å². The minimum Gasteiger partial charge on any atom is -0.507 e. The number of hydrogen-bond acceptors (Lipinski definition) is 13. The SMILES string of the molecule is CC(=O)CCCNCc1c(OCc2ccc(C#N)cc2)cc(OCc2cccc(-c3ccccc3)c2C)c2c1CCC2.Cc1c(COc2cc(O)c(C=O)c3c2CCC3)cccc1-c1ccccc1.Cc1c(COc2cc(OCc3ccc(C#N)cc3)c(C=O)c3c2CCC3)cccc1-c1ccccc1.N#Cc1ccc(CCl)cc1. The molecule has 12 aromatic rings. The quantitative estimate of drug-likeness (QED) is 0.0280. The predicted octanol–water partition coefficient (Wildman–Crippen LogP) is 22.2. The zero-order valence-corrected chi connectivity index (χ0v) is 66.3. The molecule has 0 aromatic heterocycles. The van der Waals surface area contributed by atoms with Gasteiger partial charge in [0.15, 0.2) is 12.6 Å². The summed E-state index contributed by atoms with van der Waals surface area (Å²) < 4.78 is 31.7. The molecule has 0 heterocycles. The molecule has 2 N–H and O–H groups in total. The lowest BCUT2D eigenvalue weighted by Crippen LogP contribution is -2.18. The van der Waals surface area contributed by atoms with Gasteiger partial charge in [0.25, 0.3) is 0 Å². The molecule has 0 atom stereocenters. The van der Waals surface area contributed by atoms with Crippen molar-refractivity contribution in [1.29, 1.82) is 15.8 Å². The van der Waals surface area contributed by atoms with Crippen molar-refractivity contribution in [1.82, 2.24) is 5.32 Å². The monoisotopic (exact) mass is 1540 g/mol. The predicted molar refractivity (Wildman–Crippen MR) is 454 cm³/mol. The van der Waals surface area contributed by atoms with E-state index in [0.717, 1.165) is 151 Å². The maximum atomic E-state index is 12.0. The first-order valence-electron chi connectivity index (χ1n) is 39.2. The zero-order chi connectivity index (χ0) is 80.4. The van der Waals surface area contributed by atoms with Crippen LogP contribution in [0.15, 0.2) is 237 Å². The van der Waals surface area contributed by atoms with Crippen LogP contribution >= 0.6 is 11.6 Å². The molecule has 0 saturated carbocycles. The number of aldehydes is 2. The van der Waals surface area contributed by atoms with E-state index in [2.05, 4.69) is 153 Å². The molecule has 0 unspecified atom stereocenters. The van der Waals surface area contributed by atoms with Crippen LogP contribution in [0.4, 0.5) is 0 Å². The average molecular weight is 1540 g/mol. The molecule has 3 aliphatic carbocycles. The minimum absolute atomic E-state index is 0.00964. The molecular weight excluding hydrogens is 1450 g/mol. The third kappa shape index (κ3) is 20.9. The zero-order valence-electron chi connectivity index (χ0n) is 65.5. The number of rotatable bonds is 27. The summed E-state index contributed by atoms with van der Waals surface area (Å²) in [5.74, 6) is 4.46. The summed E-state index contributed by atoms with van der Waals surface area (Å²) in [5, 5.41) is 40.3. The lowest BCUT2D eigenvalue weighted by atomic mass is 9.97. The van der Waals surface area contributed by atoms with Crippen LogP contribution < -0.4 is 29.0 Å². The van der Waals surface area contributed by atoms with E-state index in [-0.39, 0.29) is 11.5 Å². The number of ketones is 1. The number of alkyl halides is 1. The van der Waals surface area contributed by atoms with E-state index < -0.39 is 0 Å². The van der Waals surface area contributed by atoms with Crippen LogP contribution in [-0.2, 0) is 88.8 Å². The van der Waals surface area contributed by atoms with Crippen LogP contribution in [-0.4, -0.2) is 30.0 Å². The Kier molecular flexibility index (Phi) is 28.8. The molecule has 0 bridgehead atoms. The van der Waals surface area contributed by atoms with Gasteiger partial charge in [0.2, 0.25) is 0 Å². The van der Waals surface area contributed by atoms with Crippen LogP contribution in [0.1, 0.15) is 165 Å². The molecule has 0 spiro atoms. The Hall–Kier alpha value is -12.8. The van der Waals surface area contributed by atoms with E-state index in [1.54, 1.807) is 37.3 Å². The molecule has 115 heavy (non-hydrogen) atoms. The first-order chi connectivity index (χ1) is 56.3. The van der Waals surface area contributed by atoms with Crippen LogP contribution in [0.25, 0.3) is 33.4 Å². The normalized spacial score (nSPS) is 11.9. The van der Waals surface area contributed by atoms with Gasteiger partial charge in [-0.25, -0.2) is 0 Å². The number of phenolic OH excluding ortho intramolecular Hbond substituents is 1. The number of carbonyl (C=O) groups excluding carboxylic acids is 3. The molecule has 12 aromatic carbocycles. The fraction of sp³-hybridized carbons (Fsp3) is 0.228. The summed E-state index contributed by atoms with van der Waals surface area (Å²) in [5.41, 5.74) is 28.0. The lowest BCUT2D eigenvalue weighted by molar-refractivity contribution is -0.117. The first kappa shape index (κ1) is 81.7. The van der Waals surface area contributed by atoms with Crippen molar-refractivity contribution < 1.29 is 43.2 Å². The van der Waals surface area contributed by atoms with E-state index in [1.165, 1.54) is 72.3 Å². The highest BCUT2D eigenvalue weighted by Gasteiger charge is 2.28. The summed E-state index contributed by atoms with van der Waals surface area (Å²) in [6.45, 7) is 11.6. The summed E-state index contributed by atoms with van der Waals surface area (Å²) in [7, 11) is 0. The molecule has 0 saturated heterocycles. The molecule has 13 nitrogen and oxygen atoms in total. The highest BCUT2D eigenvalue weighted by atomic mass is 35.5. The number of phenols is 1. The van der Waals surface area contributed by atoms with Gasteiger partial charge >= 0.3 is 0 Å². The van der Waals surface area contributed by atoms with Gasteiger partial charge in [-0.15, -0.1) is 11.6 Å². The number of hydrogen-bond donors (Lipinski definition) is 2. The Bertz CT molecular complexity index is 5520. The number of nitrogens with zero attached hydrogens (tertiary/aromatic N) is 3. The molecule has 3 aliphatic rings. The Balaban J connectivity index is 0.000000152. The largest absolute Gasteiger partial charge is 0.507 e. The standard InChI is InChI=1S/C37H38N2O3.C32H27NO3.C24H22O3.C8H6ClN/c1-26(40)9-8-20-39-23-35-33-14-7-15-34(33)36(21-37(35)41-24-29-18-16-28(22-38)17-19-29)42-25-31-12-6-13-32(27(31)2)30-10-4-3-5-11-30;1-22-26(9-5-10-27(22)25-7-3-2-4-8-25)21-36-31-17-32(30(19-34)28-11-6-12-29(28)31)35-20-24-15-13-23(18-33)14-16-24;1-16-18(9-5-10-19(16)17-7-3-2-4-8-17)15-27-24-13-23(26)22(14-25)20-11-6-12-21(20)24;9-5-7-1-3-8(6-10)4-2-7/h3-6,10-13,16-19,21,39H,7-9,14-15,20,23-25H2,1-2H3;2-5,7-10,13-17,19H,6,11-12,20-21H2,1H3;2-5,7-10,13-14,26H,6,11-12,15H2,1H3;1-4H,5H2. The second-order valence-electron chi connectivity index (χ2n) is 29.0. The van der Waals surface area contributed by atoms with Crippen LogP contribution in [0, 0.1) is 54.8 Å². The molecule has 15 rings (SSSR count). The summed E-state index contributed by atoms with van der Waals surface area (Å²) >= 11 is 5.54. The number of ether oxygens (including phenoxy) is 5. The number of Topliss-reactive ketones (excluding diaryl/α,β-unsaturated/α-hetero) is 1. The molecule has 14 heteroatoms. The van der Waals surface area contributed by atoms with Crippen molar-refractivity contribution in [3.8, 4) is 86.1 Å². The second kappa shape index (κ2) is 40.6. The van der Waals surface area contributed by atoms with Crippen LogP contribution in [0.5, 0.6) is 34.5 Å². The van der Waals surface area contributed by atoms with Crippen molar-refractivity contribution in [2.45, 2.75) is 144 Å². The van der Waals surface area contributed by atoms with Crippen molar-refractivity contribution in [3.05, 3.63) is 353 Å². The summed E-state index contributed by atoms with van der Waals surface area (Å²) in [6, 6.07) is 84.0. The van der Waals surface area contributed by atoms with E-state index in [0.29, 0.717) is 91.2 Å². The smallest absolute Gasteiger partial charge is 0.154 e. The van der Waals surface area contributed by atoms with Gasteiger partial charge in [-0.2, -0.15) is 15.8 Å². The van der Waals surface area contributed by atoms with Crippen molar-refractivity contribution in [2.24, 2.45) is 0 Å². The molecule has 0 aliphatic heterocycles. The Morgan fingerprint density at radius 3 is 1.17 bits per heavy atom. The minimum atomic E-state index is 0.00964. The number of nitriles is 3. The fourth-order valence-corrected chi connectivity index (χ4v) is 15.4. The number of carbonyl (C=O) groups is 3. The first-order valence-corrected chi connectivity index (χ1v) is 39.7. The van der Waals surface area contributed by atoms with Crippen molar-refractivity contribution >= 4 is 30.0 Å². The maximum Gasteiger partial charge on any atom is 0.154 e. The lowest BCUT2D eigenvalue weighted by Gasteiger charge is -2.20. The third-order valence-electron chi connectivity index (χ3n) is 21.5. The Morgan fingerprint density at radius 2 is 0.774 bits per heavy atom. The van der Waals surface area contributed by atoms with E-state index in [4.69, 9.17) is 51.1 Å². The highest BCUT2D eigenvalue weighted by molar-refractivity contribution is 6.17. The van der Waals surface area contributed by atoms with Gasteiger partial charge in [0.1, 0.15) is 73.3 Å². The van der Waals surface area contributed by atoms with E-state index in [9.17, 15) is 19.5 Å². The van der Waals surface area contributed by atoms with Crippen molar-refractivity contribution in [3.63, 3.8) is 0 Å². The third-order valence-corrected chi connectivity index (χ3v) is 21.9. The molecule has 0 fully saturated rings. The van der Waals surface area contributed by atoms with Gasteiger partial charge in [0.05, 0.1) is 46.0 Å². The van der Waals surface area contributed by atoms with Crippen LogP contribution in [0.2, 0.25) is 0 Å². The topological polar surface area (TPSA) is 201 Å². The highest BCUT2D eigenvalue weighted by Crippen LogP contribution is 2.43. The average Bonchev–Trinajstić information content (AvgIpc) is 1.83. The van der Waals surface area contributed by atoms with Gasteiger partial charge < -0.3 is 38.9 Å². The molecule has 0 amide bonds. The van der Waals surface area contributed by atoms with Gasteiger partial charge in [-0.05, 0) is 252 Å². The fourth-order valence-electron chi connectivity index (χ4n) is 15.2. The number of aromatic hydroxyl groups is 1. The van der Waals surface area contributed by atoms with Gasteiger partial charge in [-0.3, -0.25) is 9.59 Å². The number of halogens is 1. The van der Waals surface area contributed by atoms with Crippen molar-refractivity contribution in [2.75, 3.05) is 6.54 Å². The molecule has 578 valence electrons. The summed E-state index contributed by atoms with van der Waals surface area (Å²) in [6.07, 6.45) is 11.5. The molecule has 0 radical (unpaired) electrons. The number of nitrogens with one attached hydrogen (secondary N) is 1. The second-order valence-corrected chi connectivity index (χ2v) is 29.2. The Labute approximate surface area is 680 Å². The number of fused-ring (bicyclic) bond motifs is 3. The van der Waals surface area contributed by atoms with Gasteiger partial charge in [-0.1, -0.05) is 182 Å². The van der Waals surface area contributed by atoms with Gasteiger partial charge in [0, 0.05) is 42.6 Å². The number of benzene rings is 12. The maximum absolute atomic E-state index is 12.0. The molecular formula is C101H93ClN4O9.